The van der Waals surface area contributed by atoms with Crippen molar-refractivity contribution < 1.29 is 28.7 Å². The lowest BCUT2D eigenvalue weighted by Gasteiger charge is -2.15. The molecule has 8 heteroatoms. The Morgan fingerprint density at radius 1 is 0.900 bits per heavy atom. The molecule has 0 radical (unpaired) electrons. The zero-order chi connectivity index (χ0) is 21.3. The summed E-state index contributed by atoms with van der Waals surface area (Å²) in [5, 5.41) is 0.951. The second-order valence-corrected chi connectivity index (χ2v) is 6.32. The number of ether oxygens (including phenoxy) is 2. The minimum Gasteiger partial charge on any atom is -0.493 e. The second kappa shape index (κ2) is 7.67. The van der Waals surface area contributed by atoms with E-state index in [0.717, 1.165) is 12.2 Å². The molecule has 0 fully saturated rings. The van der Waals surface area contributed by atoms with Crippen molar-refractivity contribution in [3.8, 4) is 22.8 Å². The van der Waals surface area contributed by atoms with Crippen molar-refractivity contribution in [2.24, 2.45) is 0 Å². The molecule has 2 amide bonds. The number of rotatable bonds is 5. The van der Waals surface area contributed by atoms with E-state index in [1.54, 1.807) is 48.5 Å². The van der Waals surface area contributed by atoms with Crippen LogP contribution >= 0.6 is 0 Å². The Bertz CT molecular complexity index is 1200. The lowest BCUT2D eigenvalue weighted by Crippen LogP contribution is -2.32. The number of amides is 2. The Labute approximate surface area is 171 Å². The Balaban J connectivity index is 1.79. The maximum Gasteiger partial charge on any atom is 0.364 e. The van der Waals surface area contributed by atoms with Gasteiger partial charge in [0.2, 0.25) is 0 Å². The van der Waals surface area contributed by atoms with Crippen LogP contribution in [-0.4, -0.2) is 42.1 Å². The molecule has 0 N–H and O–H groups in total. The summed E-state index contributed by atoms with van der Waals surface area (Å²) in [6.45, 7) is 0. The molecule has 0 bridgehead atoms. The first-order valence-electron chi connectivity index (χ1n) is 8.92. The maximum atomic E-state index is 12.8. The smallest absolute Gasteiger partial charge is 0.364 e. The zero-order valence-electron chi connectivity index (χ0n) is 16.1. The number of carbonyl (C=O) groups excluding carboxylic acids is 3. The van der Waals surface area contributed by atoms with Crippen molar-refractivity contribution in [3.05, 3.63) is 66.2 Å². The van der Waals surface area contributed by atoms with Crippen molar-refractivity contribution in [2.75, 3.05) is 14.2 Å². The number of fused-ring (bicyclic) bond motifs is 1. The van der Waals surface area contributed by atoms with Crippen LogP contribution < -0.4 is 9.47 Å². The van der Waals surface area contributed by atoms with Crippen molar-refractivity contribution in [2.45, 2.75) is 0 Å². The fourth-order valence-electron chi connectivity index (χ4n) is 3.10. The molecule has 0 spiro atoms. The summed E-state index contributed by atoms with van der Waals surface area (Å²) in [4.78, 5) is 46.0. The summed E-state index contributed by atoms with van der Waals surface area (Å²) in [5.74, 6) is -1.21. The number of carbonyl (C=O) groups is 3. The molecule has 150 valence electrons. The van der Waals surface area contributed by atoms with Crippen molar-refractivity contribution in [1.82, 2.24) is 10.0 Å². The minimum absolute atomic E-state index is 0.165. The number of nitrogens with zero attached hydrogens (tertiary/aromatic N) is 2. The normalized spacial score (nSPS) is 13.1. The number of para-hydroxylation sites is 1. The van der Waals surface area contributed by atoms with Crippen LogP contribution in [0.4, 0.5) is 0 Å². The molecular weight excluding hydrogens is 388 g/mol. The molecule has 2 aromatic carbocycles. The number of pyridine rings is 1. The van der Waals surface area contributed by atoms with E-state index in [1.807, 2.05) is 0 Å². The Hall–Kier alpha value is -4.20. The molecule has 0 saturated heterocycles. The van der Waals surface area contributed by atoms with E-state index >= 15 is 0 Å². The van der Waals surface area contributed by atoms with Crippen LogP contribution in [-0.2, 0) is 14.4 Å². The molecule has 0 aliphatic carbocycles. The SMILES string of the molecule is COc1ccc(-c2cc(C(=O)ON3C(=O)C=CC3=O)c3ccccc3n2)cc1OC. The summed E-state index contributed by atoms with van der Waals surface area (Å²) >= 11 is 0. The Kier molecular flexibility index (Phi) is 4.89. The third-order valence-corrected chi connectivity index (χ3v) is 4.56. The maximum absolute atomic E-state index is 12.8. The molecule has 1 aliphatic rings. The van der Waals surface area contributed by atoms with Crippen LogP contribution in [0.3, 0.4) is 0 Å². The van der Waals surface area contributed by atoms with E-state index in [1.165, 1.54) is 14.2 Å². The number of methoxy groups -OCH3 is 2. The number of hydrogen-bond acceptors (Lipinski definition) is 7. The molecule has 1 aromatic heterocycles. The molecular formula is C22H16N2O6. The predicted octanol–water partition coefficient (Wildman–Crippen LogP) is 2.92. The quantitative estimate of drug-likeness (QED) is 0.604. The van der Waals surface area contributed by atoms with Crippen molar-refractivity contribution in [3.63, 3.8) is 0 Å². The van der Waals surface area contributed by atoms with E-state index in [4.69, 9.17) is 14.3 Å². The molecule has 8 nitrogen and oxygen atoms in total. The first-order chi connectivity index (χ1) is 14.5. The monoisotopic (exact) mass is 404 g/mol. The second-order valence-electron chi connectivity index (χ2n) is 6.32. The third kappa shape index (κ3) is 3.35. The lowest BCUT2D eigenvalue weighted by atomic mass is 10.0. The van der Waals surface area contributed by atoms with Gasteiger partial charge in [0.25, 0.3) is 11.8 Å². The van der Waals surface area contributed by atoms with E-state index in [2.05, 4.69) is 4.98 Å². The first kappa shape index (κ1) is 19.1. The number of hydroxylamine groups is 2. The molecule has 2 heterocycles. The molecule has 0 saturated carbocycles. The first-order valence-corrected chi connectivity index (χ1v) is 8.92. The average molecular weight is 404 g/mol. The van der Waals surface area contributed by atoms with Gasteiger partial charge >= 0.3 is 5.97 Å². The van der Waals surface area contributed by atoms with Crippen LogP contribution in [0.5, 0.6) is 11.5 Å². The van der Waals surface area contributed by atoms with Gasteiger partial charge in [0.15, 0.2) is 11.5 Å². The highest BCUT2D eigenvalue weighted by Gasteiger charge is 2.29. The molecule has 4 rings (SSSR count). The summed E-state index contributed by atoms with van der Waals surface area (Å²) in [6.07, 6.45) is 2.07. The van der Waals surface area contributed by atoms with Gasteiger partial charge in [-0.15, -0.1) is 0 Å². The van der Waals surface area contributed by atoms with Gasteiger partial charge in [-0.1, -0.05) is 23.3 Å². The van der Waals surface area contributed by atoms with Gasteiger partial charge in [-0.3, -0.25) is 9.59 Å². The Morgan fingerprint density at radius 2 is 1.60 bits per heavy atom. The summed E-state index contributed by atoms with van der Waals surface area (Å²) < 4.78 is 10.6. The van der Waals surface area contributed by atoms with E-state index < -0.39 is 17.8 Å². The van der Waals surface area contributed by atoms with Gasteiger partial charge < -0.3 is 14.3 Å². The number of imide groups is 1. The van der Waals surface area contributed by atoms with Crippen LogP contribution in [0.2, 0.25) is 0 Å². The van der Waals surface area contributed by atoms with Gasteiger partial charge in [0.05, 0.1) is 31.0 Å². The predicted molar refractivity (Wildman–Crippen MR) is 107 cm³/mol. The standard InChI is InChI=1S/C22H16N2O6/c1-28-18-8-7-13(11-19(18)29-2)17-12-15(14-5-3-4-6-16(14)23-17)22(27)30-24-20(25)9-10-21(24)26/h3-12H,1-2H3. The van der Waals surface area contributed by atoms with Crippen LogP contribution in [0, 0.1) is 0 Å². The van der Waals surface area contributed by atoms with Crippen LogP contribution in [0.15, 0.2) is 60.7 Å². The average Bonchev–Trinajstić information content (AvgIpc) is 3.09. The molecule has 3 aromatic rings. The molecule has 30 heavy (non-hydrogen) atoms. The molecule has 1 aliphatic heterocycles. The van der Waals surface area contributed by atoms with Gasteiger partial charge in [-0.25, -0.2) is 9.78 Å². The zero-order valence-corrected chi connectivity index (χ0v) is 16.1. The highest BCUT2D eigenvalue weighted by Crippen LogP contribution is 2.33. The topological polar surface area (TPSA) is 95.0 Å². The summed E-state index contributed by atoms with van der Waals surface area (Å²) in [7, 11) is 3.06. The van der Waals surface area contributed by atoms with E-state index in [-0.39, 0.29) is 5.56 Å². The van der Waals surface area contributed by atoms with E-state index in [9.17, 15) is 14.4 Å². The van der Waals surface area contributed by atoms with E-state index in [0.29, 0.717) is 38.7 Å². The molecule has 0 unspecified atom stereocenters. The number of hydrogen-bond donors (Lipinski definition) is 0. The lowest BCUT2D eigenvalue weighted by molar-refractivity contribution is -0.170. The number of benzene rings is 2. The fourth-order valence-corrected chi connectivity index (χ4v) is 3.10. The fraction of sp³-hybridized carbons (Fsp3) is 0.0909. The molecule has 0 atom stereocenters. The van der Waals surface area contributed by atoms with Crippen LogP contribution in [0.25, 0.3) is 22.2 Å². The van der Waals surface area contributed by atoms with Gasteiger partial charge in [-0.05, 0) is 30.3 Å². The highest BCUT2D eigenvalue weighted by molar-refractivity contribution is 6.13. The minimum atomic E-state index is -0.847. The van der Waals surface area contributed by atoms with Crippen molar-refractivity contribution in [1.29, 1.82) is 0 Å². The summed E-state index contributed by atoms with van der Waals surface area (Å²) in [5.41, 5.74) is 1.88. The van der Waals surface area contributed by atoms with Crippen LogP contribution in [0.1, 0.15) is 10.4 Å². The summed E-state index contributed by atoms with van der Waals surface area (Å²) in [6, 6.07) is 13.8. The van der Waals surface area contributed by atoms with Crippen molar-refractivity contribution >= 4 is 28.7 Å². The van der Waals surface area contributed by atoms with Gasteiger partial charge in [0.1, 0.15) is 0 Å². The third-order valence-electron chi connectivity index (χ3n) is 4.56. The highest BCUT2D eigenvalue weighted by atomic mass is 16.7. The largest absolute Gasteiger partial charge is 0.493 e. The Morgan fingerprint density at radius 3 is 2.30 bits per heavy atom. The van der Waals surface area contributed by atoms with Gasteiger partial charge in [-0.2, -0.15) is 0 Å². The van der Waals surface area contributed by atoms with Gasteiger partial charge in [0, 0.05) is 23.1 Å². The number of aromatic nitrogens is 1.